The fourth-order valence-electron chi connectivity index (χ4n) is 4.97. The van der Waals surface area contributed by atoms with Crippen LogP contribution in [0, 0.1) is 12.8 Å². The van der Waals surface area contributed by atoms with Crippen molar-refractivity contribution in [1.29, 1.82) is 0 Å². The standard InChI is InChI=1S/C27H37N5O4/c1-3-20-6-7-32(15-20)26(33)29-22-5-4-19(2)23(14-22)21-12-24(28-16-27(34)17-36-18-27)30-25(13-21)31-8-10-35-11-9-31/h4-5,12-14,20,34H,3,6-11,15-18H2,1-2H3,(H,28,30)(H,29,33)/t20-/m1/s1. The molecule has 9 nitrogen and oxygen atoms in total. The van der Waals surface area contributed by atoms with E-state index >= 15 is 0 Å². The summed E-state index contributed by atoms with van der Waals surface area (Å²) in [6, 6.07) is 10.1. The van der Waals surface area contributed by atoms with Crippen molar-refractivity contribution in [2.24, 2.45) is 5.92 Å². The van der Waals surface area contributed by atoms with Crippen molar-refractivity contribution in [2.45, 2.75) is 32.3 Å². The van der Waals surface area contributed by atoms with Crippen LogP contribution in [0.2, 0.25) is 0 Å². The molecule has 3 saturated heterocycles. The van der Waals surface area contributed by atoms with Gasteiger partial charge in [0.05, 0.1) is 26.4 Å². The predicted octanol–water partition coefficient (Wildman–Crippen LogP) is 3.33. The number of likely N-dealkylation sites (tertiary alicyclic amines) is 1. The van der Waals surface area contributed by atoms with E-state index < -0.39 is 5.60 Å². The highest BCUT2D eigenvalue weighted by Gasteiger charge is 2.36. The summed E-state index contributed by atoms with van der Waals surface area (Å²) >= 11 is 0. The molecule has 3 aliphatic rings. The fourth-order valence-corrected chi connectivity index (χ4v) is 4.97. The average Bonchev–Trinajstić information content (AvgIpc) is 3.37. The Morgan fingerprint density at radius 3 is 2.67 bits per heavy atom. The number of urea groups is 1. The Morgan fingerprint density at radius 2 is 1.97 bits per heavy atom. The Balaban J connectivity index is 1.40. The van der Waals surface area contributed by atoms with Gasteiger partial charge in [-0.05, 0) is 60.2 Å². The Kier molecular flexibility index (Phi) is 7.32. The number of aryl methyl sites for hydroxylation is 1. The van der Waals surface area contributed by atoms with E-state index in [0.717, 1.165) is 67.2 Å². The van der Waals surface area contributed by atoms with Crippen molar-refractivity contribution < 1.29 is 19.4 Å². The molecule has 9 heteroatoms. The number of benzene rings is 1. The quantitative estimate of drug-likeness (QED) is 0.542. The molecule has 1 aromatic heterocycles. The molecule has 0 aliphatic carbocycles. The Hall–Kier alpha value is -2.88. The normalized spacial score (nSPS) is 21.2. The lowest BCUT2D eigenvalue weighted by atomic mass is 9.99. The van der Waals surface area contributed by atoms with E-state index in [9.17, 15) is 9.90 Å². The van der Waals surface area contributed by atoms with Gasteiger partial charge < -0.3 is 35.0 Å². The van der Waals surface area contributed by atoms with Gasteiger partial charge in [0, 0.05) is 38.4 Å². The molecule has 5 rings (SSSR count). The van der Waals surface area contributed by atoms with Crippen molar-refractivity contribution >= 4 is 23.4 Å². The predicted molar refractivity (Wildman–Crippen MR) is 141 cm³/mol. The Morgan fingerprint density at radius 1 is 1.17 bits per heavy atom. The van der Waals surface area contributed by atoms with Crippen molar-refractivity contribution in [2.75, 3.05) is 74.7 Å². The summed E-state index contributed by atoms with van der Waals surface area (Å²) in [5.74, 6) is 2.16. The van der Waals surface area contributed by atoms with Crippen LogP contribution in [-0.4, -0.2) is 85.8 Å². The van der Waals surface area contributed by atoms with Crippen molar-refractivity contribution in [1.82, 2.24) is 9.88 Å². The second-order valence-electron chi connectivity index (χ2n) is 10.2. The summed E-state index contributed by atoms with van der Waals surface area (Å²) < 4.78 is 10.7. The zero-order chi connectivity index (χ0) is 25.1. The topological polar surface area (TPSA) is 99.2 Å². The number of carbonyl (C=O) groups is 1. The number of rotatable bonds is 7. The molecule has 0 spiro atoms. The largest absolute Gasteiger partial charge is 0.383 e. The minimum Gasteiger partial charge on any atom is -0.383 e. The molecule has 1 atom stereocenters. The van der Waals surface area contributed by atoms with E-state index in [-0.39, 0.29) is 6.03 Å². The lowest BCUT2D eigenvalue weighted by Gasteiger charge is -2.36. The number of hydrogen-bond acceptors (Lipinski definition) is 7. The number of nitrogens with zero attached hydrogens (tertiary/aromatic N) is 3. The zero-order valence-electron chi connectivity index (χ0n) is 21.3. The van der Waals surface area contributed by atoms with Gasteiger partial charge in [-0.25, -0.2) is 9.78 Å². The molecule has 1 aromatic carbocycles. The number of hydrogen-bond donors (Lipinski definition) is 3. The van der Waals surface area contributed by atoms with Gasteiger partial charge in [0.25, 0.3) is 0 Å². The molecule has 0 bridgehead atoms. The number of carbonyl (C=O) groups excluding carboxylic acids is 1. The van der Waals surface area contributed by atoms with E-state index in [4.69, 9.17) is 14.5 Å². The van der Waals surface area contributed by atoms with Crippen molar-refractivity contribution in [3.05, 3.63) is 35.9 Å². The number of ether oxygens (including phenoxy) is 2. The number of nitrogens with one attached hydrogen (secondary N) is 2. The number of aliphatic hydroxyl groups is 1. The minimum atomic E-state index is -0.858. The molecular weight excluding hydrogens is 458 g/mol. The summed E-state index contributed by atoms with van der Waals surface area (Å²) in [4.78, 5) is 21.9. The Labute approximate surface area is 212 Å². The second-order valence-corrected chi connectivity index (χ2v) is 10.2. The maximum Gasteiger partial charge on any atom is 0.321 e. The first-order valence-electron chi connectivity index (χ1n) is 13.0. The number of aromatic nitrogens is 1. The number of pyridine rings is 1. The molecule has 36 heavy (non-hydrogen) atoms. The summed E-state index contributed by atoms with van der Waals surface area (Å²) in [6.07, 6.45) is 2.17. The van der Waals surface area contributed by atoms with E-state index in [1.165, 1.54) is 0 Å². The third-order valence-electron chi connectivity index (χ3n) is 7.44. The first kappa shape index (κ1) is 24.8. The summed E-state index contributed by atoms with van der Waals surface area (Å²) in [5.41, 5.74) is 3.07. The van der Waals surface area contributed by atoms with E-state index in [0.29, 0.717) is 44.7 Å². The molecule has 0 radical (unpaired) electrons. The Bertz CT molecular complexity index is 1080. The molecule has 2 aromatic rings. The van der Waals surface area contributed by atoms with Crippen LogP contribution in [0.5, 0.6) is 0 Å². The summed E-state index contributed by atoms with van der Waals surface area (Å²) in [6.45, 7) is 9.79. The average molecular weight is 496 g/mol. The van der Waals surface area contributed by atoms with Gasteiger partial charge in [-0.3, -0.25) is 0 Å². The van der Waals surface area contributed by atoms with Crippen LogP contribution in [-0.2, 0) is 9.47 Å². The molecule has 3 aliphatic heterocycles. The highest BCUT2D eigenvalue weighted by Crippen LogP contribution is 2.32. The molecule has 4 heterocycles. The van der Waals surface area contributed by atoms with Crippen LogP contribution in [0.3, 0.4) is 0 Å². The monoisotopic (exact) mass is 495 g/mol. The molecule has 3 fully saturated rings. The zero-order valence-corrected chi connectivity index (χ0v) is 21.3. The van der Waals surface area contributed by atoms with Crippen LogP contribution in [0.1, 0.15) is 25.3 Å². The summed E-state index contributed by atoms with van der Waals surface area (Å²) in [7, 11) is 0. The van der Waals surface area contributed by atoms with Gasteiger partial charge in [-0.15, -0.1) is 0 Å². The van der Waals surface area contributed by atoms with E-state index in [2.05, 4.69) is 35.4 Å². The molecule has 0 saturated carbocycles. The van der Waals surface area contributed by atoms with Crippen LogP contribution in [0.4, 0.5) is 22.1 Å². The molecule has 0 unspecified atom stereocenters. The molecule has 194 valence electrons. The minimum absolute atomic E-state index is 0.0391. The molecule has 3 N–H and O–H groups in total. The lowest BCUT2D eigenvalue weighted by Crippen LogP contribution is -2.54. The van der Waals surface area contributed by atoms with E-state index in [1.54, 1.807) is 0 Å². The molecule has 2 amide bonds. The number of anilines is 3. The van der Waals surface area contributed by atoms with Gasteiger partial charge in [-0.1, -0.05) is 19.4 Å². The highest BCUT2D eigenvalue weighted by atomic mass is 16.5. The van der Waals surface area contributed by atoms with E-state index in [1.807, 2.05) is 29.2 Å². The van der Waals surface area contributed by atoms with Crippen LogP contribution in [0.25, 0.3) is 11.1 Å². The summed E-state index contributed by atoms with van der Waals surface area (Å²) in [5, 5.41) is 16.9. The highest BCUT2D eigenvalue weighted by molar-refractivity contribution is 5.91. The fraction of sp³-hybridized carbons (Fsp3) is 0.556. The van der Waals surface area contributed by atoms with Gasteiger partial charge in [0.2, 0.25) is 0 Å². The maximum absolute atomic E-state index is 12.9. The lowest BCUT2D eigenvalue weighted by molar-refractivity contribution is -0.168. The van der Waals surface area contributed by atoms with Crippen LogP contribution >= 0.6 is 0 Å². The smallest absolute Gasteiger partial charge is 0.321 e. The first-order valence-corrected chi connectivity index (χ1v) is 13.0. The number of amides is 2. The van der Waals surface area contributed by atoms with Crippen LogP contribution < -0.4 is 15.5 Å². The maximum atomic E-state index is 12.9. The second kappa shape index (κ2) is 10.6. The first-order chi connectivity index (χ1) is 17.4. The van der Waals surface area contributed by atoms with Crippen molar-refractivity contribution in [3.8, 4) is 11.1 Å². The molecular formula is C27H37N5O4. The van der Waals surface area contributed by atoms with Crippen LogP contribution in [0.15, 0.2) is 30.3 Å². The van der Waals surface area contributed by atoms with Gasteiger partial charge in [-0.2, -0.15) is 0 Å². The number of morpholine rings is 1. The third-order valence-corrected chi connectivity index (χ3v) is 7.44. The van der Waals surface area contributed by atoms with Gasteiger partial charge in [0.15, 0.2) is 0 Å². The van der Waals surface area contributed by atoms with Gasteiger partial charge in [0.1, 0.15) is 17.2 Å². The van der Waals surface area contributed by atoms with Gasteiger partial charge >= 0.3 is 6.03 Å². The van der Waals surface area contributed by atoms with Crippen molar-refractivity contribution in [3.63, 3.8) is 0 Å². The third kappa shape index (κ3) is 5.58. The SMILES string of the molecule is CC[C@@H]1CCN(C(=O)Nc2ccc(C)c(-c3cc(NCC4(O)COC4)nc(N4CCOCC4)c3)c2)C1.